The molecule has 0 bridgehead atoms. The van der Waals surface area contributed by atoms with Crippen LogP contribution in [-0.4, -0.2) is 12.3 Å². The predicted octanol–water partition coefficient (Wildman–Crippen LogP) is 2.87. The summed E-state index contributed by atoms with van der Waals surface area (Å²) in [5.74, 6) is -0.516. The Morgan fingerprint density at radius 3 is 3.00 bits per heavy atom. The van der Waals surface area contributed by atoms with Gasteiger partial charge in [-0.2, -0.15) is 0 Å². The van der Waals surface area contributed by atoms with E-state index in [1.54, 1.807) is 0 Å². The largest absolute Gasteiger partial charge is 0.383 e. The number of benzene rings is 1. The van der Waals surface area contributed by atoms with Crippen molar-refractivity contribution in [3.8, 4) is 0 Å². The van der Waals surface area contributed by atoms with Crippen molar-refractivity contribution in [3.05, 3.63) is 28.5 Å². The first-order valence-corrected chi connectivity index (χ1v) is 4.82. The molecular formula is C10H9ClFNO. The van der Waals surface area contributed by atoms with Crippen LogP contribution in [0.4, 0.5) is 10.1 Å². The van der Waals surface area contributed by atoms with E-state index in [0.29, 0.717) is 24.2 Å². The molecule has 0 aromatic heterocycles. The third kappa shape index (κ3) is 1.60. The molecule has 4 heteroatoms. The quantitative estimate of drug-likeness (QED) is 0.718. The van der Waals surface area contributed by atoms with Crippen LogP contribution in [0.25, 0.3) is 0 Å². The van der Waals surface area contributed by atoms with Gasteiger partial charge in [-0.05, 0) is 18.6 Å². The molecule has 1 N–H and O–H groups in total. The van der Waals surface area contributed by atoms with Gasteiger partial charge in [-0.15, -0.1) is 0 Å². The second-order valence-electron chi connectivity index (χ2n) is 3.26. The summed E-state index contributed by atoms with van der Waals surface area (Å²) in [4.78, 5) is 11.5. The van der Waals surface area contributed by atoms with Crippen molar-refractivity contribution < 1.29 is 9.18 Å². The van der Waals surface area contributed by atoms with Crippen LogP contribution in [-0.2, 0) is 0 Å². The second kappa shape index (κ2) is 3.58. The van der Waals surface area contributed by atoms with Crippen LogP contribution >= 0.6 is 11.6 Å². The highest BCUT2D eigenvalue weighted by atomic mass is 35.5. The van der Waals surface area contributed by atoms with Crippen LogP contribution in [0.15, 0.2) is 12.1 Å². The molecule has 0 saturated carbocycles. The molecular weight excluding hydrogens is 205 g/mol. The summed E-state index contributed by atoms with van der Waals surface area (Å²) in [6.45, 7) is 0.699. The third-order valence-corrected chi connectivity index (χ3v) is 2.54. The highest BCUT2D eigenvalue weighted by Crippen LogP contribution is 2.30. The van der Waals surface area contributed by atoms with Gasteiger partial charge in [0, 0.05) is 18.5 Å². The lowest BCUT2D eigenvalue weighted by atomic mass is 10.1. The van der Waals surface area contributed by atoms with Crippen LogP contribution in [0.5, 0.6) is 0 Å². The summed E-state index contributed by atoms with van der Waals surface area (Å²) in [6, 6.07) is 2.45. The lowest BCUT2D eigenvalue weighted by Gasteiger charge is -2.08. The van der Waals surface area contributed by atoms with Gasteiger partial charge in [-0.25, -0.2) is 4.39 Å². The summed E-state index contributed by atoms with van der Waals surface area (Å²) in [5, 5.41) is 3.30. The molecule has 0 spiro atoms. The van der Waals surface area contributed by atoms with E-state index in [9.17, 15) is 9.18 Å². The Labute approximate surface area is 86.1 Å². The van der Waals surface area contributed by atoms with E-state index >= 15 is 0 Å². The number of hydrogen-bond donors (Lipinski definition) is 1. The van der Waals surface area contributed by atoms with Crippen LogP contribution in [0, 0.1) is 5.82 Å². The Kier molecular flexibility index (Phi) is 2.42. The SMILES string of the molecule is O=C1CCCNc2c(Cl)cc(F)cc21. The molecule has 1 aliphatic rings. The molecule has 2 rings (SSSR count). The van der Waals surface area contributed by atoms with Gasteiger partial charge in [0.1, 0.15) is 5.82 Å². The number of nitrogens with one attached hydrogen (secondary N) is 1. The second-order valence-corrected chi connectivity index (χ2v) is 3.67. The number of fused-ring (bicyclic) bond motifs is 1. The molecule has 0 atom stereocenters. The molecule has 1 aromatic carbocycles. The third-order valence-electron chi connectivity index (χ3n) is 2.24. The van der Waals surface area contributed by atoms with Gasteiger partial charge >= 0.3 is 0 Å². The number of hydrogen-bond acceptors (Lipinski definition) is 2. The van der Waals surface area contributed by atoms with E-state index in [0.717, 1.165) is 6.42 Å². The number of halogens is 2. The number of ketones is 1. The average Bonchev–Trinajstić information content (AvgIpc) is 2.29. The molecule has 0 fully saturated rings. The van der Waals surface area contributed by atoms with E-state index in [-0.39, 0.29) is 10.8 Å². The number of rotatable bonds is 0. The maximum absolute atomic E-state index is 13.0. The molecule has 0 aliphatic carbocycles. The van der Waals surface area contributed by atoms with Crippen molar-refractivity contribution in [1.82, 2.24) is 0 Å². The van der Waals surface area contributed by atoms with Crippen molar-refractivity contribution in [2.75, 3.05) is 11.9 Å². The molecule has 0 amide bonds. The van der Waals surface area contributed by atoms with Crippen LogP contribution < -0.4 is 5.32 Å². The topological polar surface area (TPSA) is 29.1 Å². The molecule has 2 nitrogen and oxygen atoms in total. The molecule has 74 valence electrons. The summed E-state index contributed by atoms with van der Waals surface area (Å²) < 4.78 is 13.0. The number of Topliss-reactive ketones (excluding diaryl/α,β-unsaturated/α-hetero) is 1. The Hall–Kier alpha value is -1.09. The first-order valence-electron chi connectivity index (χ1n) is 4.44. The zero-order valence-electron chi connectivity index (χ0n) is 7.44. The lowest BCUT2D eigenvalue weighted by molar-refractivity contribution is 0.0983. The Morgan fingerprint density at radius 2 is 2.21 bits per heavy atom. The Bertz CT molecular complexity index is 392. The van der Waals surface area contributed by atoms with Crippen LogP contribution in [0.1, 0.15) is 23.2 Å². The van der Waals surface area contributed by atoms with Gasteiger partial charge < -0.3 is 5.32 Å². The summed E-state index contributed by atoms with van der Waals surface area (Å²) in [5.41, 5.74) is 0.933. The highest BCUT2D eigenvalue weighted by molar-refractivity contribution is 6.34. The molecule has 0 radical (unpaired) electrons. The van der Waals surface area contributed by atoms with Crippen molar-refractivity contribution in [3.63, 3.8) is 0 Å². The van der Waals surface area contributed by atoms with E-state index < -0.39 is 5.82 Å². The van der Waals surface area contributed by atoms with Gasteiger partial charge in [0.15, 0.2) is 5.78 Å². The molecule has 0 saturated heterocycles. The lowest BCUT2D eigenvalue weighted by Crippen LogP contribution is -2.02. The Balaban J connectivity index is 2.58. The van der Waals surface area contributed by atoms with Crippen LogP contribution in [0.2, 0.25) is 5.02 Å². The van der Waals surface area contributed by atoms with E-state index in [4.69, 9.17) is 11.6 Å². The molecule has 0 unspecified atom stereocenters. The Morgan fingerprint density at radius 1 is 1.43 bits per heavy atom. The average molecular weight is 214 g/mol. The van der Waals surface area contributed by atoms with E-state index in [2.05, 4.69) is 5.32 Å². The zero-order chi connectivity index (χ0) is 10.1. The molecule has 1 heterocycles. The summed E-state index contributed by atoms with van der Waals surface area (Å²) in [6.07, 6.45) is 1.20. The minimum atomic E-state index is -0.467. The maximum Gasteiger partial charge on any atom is 0.165 e. The fourth-order valence-electron chi connectivity index (χ4n) is 1.57. The predicted molar refractivity (Wildman–Crippen MR) is 53.5 cm³/mol. The van der Waals surface area contributed by atoms with Crippen molar-refractivity contribution in [2.45, 2.75) is 12.8 Å². The maximum atomic E-state index is 13.0. The van der Waals surface area contributed by atoms with E-state index in [1.165, 1.54) is 12.1 Å². The minimum absolute atomic E-state index is 0.0496. The van der Waals surface area contributed by atoms with Gasteiger partial charge in [0.25, 0.3) is 0 Å². The summed E-state index contributed by atoms with van der Waals surface area (Å²) >= 11 is 5.83. The number of carbonyl (C=O) groups excluding carboxylic acids is 1. The summed E-state index contributed by atoms with van der Waals surface area (Å²) in [7, 11) is 0. The van der Waals surface area contributed by atoms with Crippen molar-refractivity contribution in [1.29, 1.82) is 0 Å². The van der Waals surface area contributed by atoms with Gasteiger partial charge in [0.05, 0.1) is 10.7 Å². The molecule has 1 aliphatic heterocycles. The standard InChI is InChI=1S/C10H9ClFNO/c11-8-5-6(12)4-7-9(14)2-1-3-13-10(7)8/h4-5,13H,1-3H2. The number of anilines is 1. The van der Waals surface area contributed by atoms with Gasteiger partial charge in [-0.3, -0.25) is 4.79 Å². The van der Waals surface area contributed by atoms with Crippen molar-refractivity contribution in [2.24, 2.45) is 0 Å². The number of carbonyl (C=O) groups is 1. The van der Waals surface area contributed by atoms with Crippen LogP contribution in [0.3, 0.4) is 0 Å². The van der Waals surface area contributed by atoms with Gasteiger partial charge in [0.2, 0.25) is 0 Å². The fraction of sp³-hybridized carbons (Fsp3) is 0.300. The normalized spacial score (nSPS) is 15.7. The first kappa shape index (κ1) is 9.46. The minimum Gasteiger partial charge on any atom is -0.383 e. The highest BCUT2D eigenvalue weighted by Gasteiger charge is 2.18. The van der Waals surface area contributed by atoms with Crippen molar-refractivity contribution >= 4 is 23.1 Å². The van der Waals surface area contributed by atoms with Gasteiger partial charge in [-0.1, -0.05) is 11.6 Å². The molecule has 1 aromatic rings. The monoisotopic (exact) mass is 213 g/mol. The fourth-order valence-corrected chi connectivity index (χ4v) is 1.84. The zero-order valence-corrected chi connectivity index (χ0v) is 8.20. The van der Waals surface area contributed by atoms with E-state index in [1.807, 2.05) is 0 Å². The molecule has 14 heavy (non-hydrogen) atoms. The first-order chi connectivity index (χ1) is 6.68. The smallest absolute Gasteiger partial charge is 0.165 e.